The van der Waals surface area contributed by atoms with Crippen LogP contribution in [0.1, 0.15) is 63.7 Å². The molecular weight excluding hydrogens is 334 g/mol. The molecule has 1 aromatic heterocycles. The largest absolute Gasteiger partial charge is 0.454 e. The molecule has 26 heavy (non-hydrogen) atoms. The molecule has 0 aliphatic carbocycles. The van der Waals surface area contributed by atoms with Gasteiger partial charge in [-0.25, -0.2) is 0 Å². The van der Waals surface area contributed by atoms with E-state index in [0.717, 1.165) is 11.3 Å². The van der Waals surface area contributed by atoms with Gasteiger partial charge in [-0.1, -0.05) is 25.1 Å². The highest BCUT2D eigenvalue weighted by Crippen LogP contribution is 2.35. The minimum absolute atomic E-state index is 0.0173. The molecule has 140 valence electrons. The number of fused-ring (bicyclic) bond motifs is 1. The van der Waals surface area contributed by atoms with Gasteiger partial charge in [0.25, 0.3) is 0 Å². The van der Waals surface area contributed by atoms with Crippen molar-refractivity contribution in [2.24, 2.45) is 0 Å². The molecule has 3 rings (SSSR count). The van der Waals surface area contributed by atoms with Gasteiger partial charge in [-0.2, -0.15) is 4.98 Å². The summed E-state index contributed by atoms with van der Waals surface area (Å²) in [6.07, 6.45) is 1.65. The molecule has 1 aromatic carbocycles. The molecule has 0 spiro atoms. The Morgan fingerprint density at radius 1 is 1.27 bits per heavy atom. The van der Waals surface area contributed by atoms with Crippen LogP contribution in [0, 0.1) is 0 Å². The summed E-state index contributed by atoms with van der Waals surface area (Å²) in [4.78, 5) is 16.7. The van der Waals surface area contributed by atoms with Crippen molar-refractivity contribution in [2.45, 2.75) is 58.4 Å². The molecule has 0 radical (unpaired) electrons. The number of nitrogens with one attached hydrogen (secondary N) is 1. The second kappa shape index (κ2) is 7.35. The van der Waals surface area contributed by atoms with Gasteiger partial charge in [0.05, 0.1) is 5.54 Å². The molecule has 0 saturated carbocycles. The van der Waals surface area contributed by atoms with Gasteiger partial charge in [0.2, 0.25) is 18.6 Å². The Hall–Kier alpha value is -2.57. The fourth-order valence-corrected chi connectivity index (χ4v) is 2.77. The average molecular weight is 359 g/mol. The van der Waals surface area contributed by atoms with E-state index in [4.69, 9.17) is 14.0 Å². The van der Waals surface area contributed by atoms with Crippen molar-refractivity contribution in [3.63, 3.8) is 0 Å². The van der Waals surface area contributed by atoms with E-state index in [-0.39, 0.29) is 18.6 Å². The summed E-state index contributed by atoms with van der Waals surface area (Å²) in [6, 6.07) is 5.72. The lowest BCUT2D eigenvalue weighted by molar-refractivity contribution is -0.122. The Morgan fingerprint density at radius 2 is 2.04 bits per heavy atom. The van der Waals surface area contributed by atoms with Crippen LogP contribution in [-0.4, -0.2) is 22.8 Å². The van der Waals surface area contributed by atoms with E-state index in [2.05, 4.69) is 15.5 Å². The number of amides is 1. The number of rotatable bonds is 7. The first-order chi connectivity index (χ1) is 12.3. The Labute approximate surface area is 153 Å². The van der Waals surface area contributed by atoms with Crippen LogP contribution in [0.15, 0.2) is 22.7 Å². The summed E-state index contributed by atoms with van der Waals surface area (Å²) in [5, 5.41) is 7.00. The predicted octanol–water partition coefficient (Wildman–Crippen LogP) is 3.30. The lowest BCUT2D eigenvalue weighted by Gasteiger charge is -2.27. The van der Waals surface area contributed by atoms with E-state index < -0.39 is 5.54 Å². The maximum absolute atomic E-state index is 12.3. The van der Waals surface area contributed by atoms with Gasteiger partial charge in [-0.15, -0.1) is 0 Å². The lowest BCUT2D eigenvalue weighted by atomic mass is 9.93. The molecule has 2 aromatic rings. The highest BCUT2D eigenvalue weighted by molar-refractivity contribution is 5.77. The lowest BCUT2D eigenvalue weighted by Crippen LogP contribution is -2.40. The van der Waals surface area contributed by atoms with Crippen molar-refractivity contribution in [2.75, 3.05) is 6.79 Å². The van der Waals surface area contributed by atoms with E-state index in [1.807, 2.05) is 45.9 Å². The standard InChI is InChI=1S/C19H25N3O4/c1-12(2)18-20-17(26-22-18)7-5-6-16(23)21-19(3,4)13-8-9-14-15(10-13)25-11-24-14/h8-10,12H,5-7,11H2,1-4H3,(H,21,23). The predicted molar refractivity (Wildman–Crippen MR) is 95.1 cm³/mol. The number of aromatic nitrogens is 2. The Bertz CT molecular complexity index is 783. The van der Waals surface area contributed by atoms with Crippen LogP contribution in [0.2, 0.25) is 0 Å². The molecule has 0 atom stereocenters. The maximum atomic E-state index is 12.3. The third-order valence-corrected chi connectivity index (χ3v) is 4.34. The van der Waals surface area contributed by atoms with Crippen LogP contribution in [0.5, 0.6) is 11.5 Å². The first-order valence-corrected chi connectivity index (χ1v) is 8.89. The van der Waals surface area contributed by atoms with Crippen molar-refractivity contribution in [1.82, 2.24) is 15.5 Å². The smallest absolute Gasteiger partial charge is 0.231 e. The summed E-state index contributed by atoms with van der Waals surface area (Å²) in [5.74, 6) is 2.94. The number of aryl methyl sites for hydroxylation is 1. The van der Waals surface area contributed by atoms with Crippen LogP contribution < -0.4 is 14.8 Å². The topological polar surface area (TPSA) is 86.5 Å². The van der Waals surface area contributed by atoms with Crippen LogP contribution in [-0.2, 0) is 16.8 Å². The summed E-state index contributed by atoms with van der Waals surface area (Å²) in [5.41, 5.74) is 0.460. The molecule has 0 fully saturated rings. The van der Waals surface area contributed by atoms with E-state index in [0.29, 0.717) is 36.7 Å². The first kappa shape index (κ1) is 18.2. The number of hydrogen-bond donors (Lipinski definition) is 1. The van der Waals surface area contributed by atoms with Gasteiger partial charge in [-0.3, -0.25) is 4.79 Å². The zero-order chi connectivity index (χ0) is 18.7. The number of ether oxygens (including phenoxy) is 2. The fourth-order valence-electron chi connectivity index (χ4n) is 2.77. The molecule has 0 bridgehead atoms. The van der Waals surface area contributed by atoms with Crippen molar-refractivity contribution in [1.29, 1.82) is 0 Å². The molecule has 1 aliphatic rings. The highest BCUT2D eigenvalue weighted by atomic mass is 16.7. The summed E-state index contributed by atoms with van der Waals surface area (Å²) in [7, 11) is 0. The highest BCUT2D eigenvalue weighted by Gasteiger charge is 2.25. The zero-order valence-electron chi connectivity index (χ0n) is 15.7. The normalized spacial score (nSPS) is 13.3. The quantitative estimate of drug-likeness (QED) is 0.816. The fraction of sp³-hybridized carbons (Fsp3) is 0.526. The average Bonchev–Trinajstić information content (AvgIpc) is 3.22. The Morgan fingerprint density at radius 3 is 2.77 bits per heavy atom. The summed E-state index contributed by atoms with van der Waals surface area (Å²) < 4.78 is 15.9. The number of carbonyl (C=O) groups excluding carboxylic acids is 1. The minimum atomic E-state index is -0.507. The van der Waals surface area contributed by atoms with Crippen molar-refractivity contribution >= 4 is 5.91 Å². The molecule has 1 amide bonds. The van der Waals surface area contributed by atoms with Crippen molar-refractivity contribution in [3.8, 4) is 11.5 Å². The molecule has 1 aliphatic heterocycles. The van der Waals surface area contributed by atoms with E-state index in [9.17, 15) is 4.79 Å². The third-order valence-electron chi connectivity index (χ3n) is 4.34. The molecule has 1 N–H and O–H groups in total. The van der Waals surface area contributed by atoms with Gasteiger partial charge >= 0.3 is 0 Å². The van der Waals surface area contributed by atoms with E-state index in [1.54, 1.807) is 0 Å². The first-order valence-electron chi connectivity index (χ1n) is 8.89. The molecule has 0 unspecified atom stereocenters. The summed E-state index contributed by atoms with van der Waals surface area (Å²) in [6.45, 7) is 8.20. The third kappa shape index (κ3) is 4.15. The van der Waals surface area contributed by atoms with Gasteiger partial charge in [0.15, 0.2) is 17.3 Å². The van der Waals surface area contributed by atoms with Crippen LogP contribution in [0.25, 0.3) is 0 Å². The molecule has 7 heteroatoms. The van der Waals surface area contributed by atoms with E-state index in [1.165, 1.54) is 0 Å². The van der Waals surface area contributed by atoms with Crippen molar-refractivity contribution < 1.29 is 18.8 Å². The van der Waals surface area contributed by atoms with Crippen molar-refractivity contribution in [3.05, 3.63) is 35.5 Å². The summed E-state index contributed by atoms with van der Waals surface area (Å²) >= 11 is 0. The monoisotopic (exact) mass is 359 g/mol. The molecule has 7 nitrogen and oxygen atoms in total. The maximum Gasteiger partial charge on any atom is 0.231 e. The van der Waals surface area contributed by atoms with Gasteiger partial charge in [0, 0.05) is 18.8 Å². The zero-order valence-corrected chi connectivity index (χ0v) is 15.7. The van der Waals surface area contributed by atoms with Crippen LogP contribution in [0.4, 0.5) is 0 Å². The van der Waals surface area contributed by atoms with Gasteiger partial charge in [-0.05, 0) is 38.0 Å². The number of hydrogen-bond acceptors (Lipinski definition) is 6. The van der Waals surface area contributed by atoms with Crippen LogP contribution >= 0.6 is 0 Å². The molecule has 2 heterocycles. The number of benzene rings is 1. The Kier molecular flexibility index (Phi) is 5.15. The van der Waals surface area contributed by atoms with E-state index >= 15 is 0 Å². The number of nitrogens with zero attached hydrogens (tertiary/aromatic N) is 2. The molecular formula is C19H25N3O4. The van der Waals surface area contributed by atoms with Crippen LogP contribution in [0.3, 0.4) is 0 Å². The van der Waals surface area contributed by atoms with Gasteiger partial charge < -0.3 is 19.3 Å². The number of carbonyl (C=O) groups is 1. The molecule has 0 saturated heterocycles. The Balaban J connectivity index is 1.51. The SMILES string of the molecule is CC(C)c1noc(CCCC(=O)NC(C)(C)c2ccc3c(c2)OCO3)n1. The second-order valence-corrected chi connectivity index (χ2v) is 7.30. The second-order valence-electron chi connectivity index (χ2n) is 7.30. The van der Waals surface area contributed by atoms with Gasteiger partial charge in [0.1, 0.15) is 0 Å². The minimum Gasteiger partial charge on any atom is -0.454 e.